The molecule has 1 N–H and O–H groups in total. The molecule has 0 aliphatic carbocycles. The Balaban J connectivity index is 1.46. The van der Waals surface area contributed by atoms with Gasteiger partial charge in [0.25, 0.3) is 5.91 Å². The van der Waals surface area contributed by atoms with Crippen LogP contribution in [0.5, 0.6) is 0 Å². The van der Waals surface area contributed by atoms with Gasteiger partial charge < -0.3 is 19.9 Å². The number of aromatic nitrogens is 2. The standard InChI is InChI=1S/C18H22FN5O3S2/c1-27-10-5-20-15(25)12-28-18-22-21-17(29-18)24-8-6-23(7-9-24)16(26)13-3-2-4-14(19)11-13/h2-4,11H,5-10,12H2,1H3,(H,20,25). The number of anilines is 1. The van der Waals surface area contributed by atoms with Gasteiger partial charge in [0.2, 0.25) is 11.0 Å². The third-order valence-corrected chi connectivity index (χ3v) is 6.38. The predicted molar refractivity (Wildman–Crippen MR) is 110 cm³/mol. The molecule has 29 heavy (non-hydrogen) atoms. The quantitative estimate of drug-likeness (QED) is 0.493. The fraction of sp³-hybridized carbons (Fsp3) is 0.444. The summed E-state index contributed by atoms with van der Waals surface area (Å²) >= 11 is 2.77. The Hall–Kier alpha value is -2.24. The highest BCUT2D eigenvalue weighted by Gasteiger charge is 2.24. The van der Waals surface area contributed by atoms with Gasteiger partial charge in [-0.15, -0.1) is 10.2 Å². The molecule has 11 heteroatoms. The first-order chi connectivity index (χ1) is 14.1. The Morgan fingerprint density at radius 3 is 2.79 bits per heavy atom. The van der Waals surface area contributed by atoms with Crippen molar-refractivity contribution in [3.05, 3.63) is 35.6 Å². The molecular formula is C18H22FN5O3S2. The molecule has 0 atom stereocenters. The van der Waals surface area contributed by atoms with E-state index >= 15 is 0 Å². The fourth-order valence-electron chi connectivity index (χ4n) is 2.76. The molecule has 3 rings (SSSR count). The maximum Gasteiger partial charge on any atom is 0.254 e. The molecule has 2 amide bonds. The second kappa shape index (κ2) is 10.5. The zero-order valence-corrected chi connectivity index (χ0v) is 17.6. The van der Waals surface area contributed by atoms with Crippen LogP contribution in [0.4, 0.5) is 9.52 Å². The largest absolute Gasteiger partial charge is 0.383 e. The van der Waals surface area contributed by atoms with Gasteiger partial charge in [-0.05, 0) is 18.2 Å². The van der Waals surface area contributed by atoms with E-state index in [1.165, 1.54) is 41.3 Å². The molecule has 0 radical (unpaired) electrons. The lowest BCUT2D eigenvalue weighted by atomic mass is 10.2. The molecule has 0 spiro atoms. The summed E-state index contributed by atoms with van der Waals surface area (Å²) in [5.41, 5.74) is 0.358. The van der Waals surface area contributed by atoms with Gasteiger partial charge >= 0.3 is 0 Å². The van der Waals surface area contributed by atoms with Gasteiger partial charge in [0.15, 0.2) is 4.34 Å². The first kappa shape index (κ1) is 21.5. The second-order valence-electron chi connectivity index (χ2n) is 6.27. The number of halogens is 1. The number of carbonyl (C=O) groups is 2. The van der Waals surface area contributed by atoms with Crippen LogP contribution in [0.25, 0.3) is 0 Å². The Morgan fingerprint density at radius 1 is 1.28 bits per heavy atom. The summed E-state index contributed by atoms with van der Waals surface area (Å²) in [7, 11) is 1.58. The molecule has 1 aliphatic rings. The second-order valence-corrected chi connectivity index (χ2v) is 8.45. The molecule has 0 bridgehead atoms. The molecule has 2 aromatic rings. The summed E-state index contributed by atoms with van der Waals surface area (Å²) in [4.78, 5) is 28.0. The molecule has 8 nitrogen and oxygen atoms in total. The Kier molecular flexibility index (Phi) is 7.78. The van der Waals surface area contributed by atoms with Gasteiger partial charge in [0, 0.05) is 45.4 Å². The van der Waals surface area contributed by atoms with Crippen LogP contribution in [0.1, 0.15) is 10.4 Å². The normalized spacial score (nSPS) is 14.1. The molecular weight excluding hydrogens is 417 g/mol. The molecule has 2 heterocycles. The smallest absolute Gasteiger partial charge is 0.254 e. The monoisotopic (exact) mass is 439 g/mol. The van der Waals surface area contributed by atoms with E-state index in [1.807, 2.05) is 0 Å². The summed E-state index contributed by atoms with van der Waals surface area (Å²) in [5.74, 6) is -0.389. The molecule has 0 unspecified atom stereocenters. The topological polar surface area (TPSA) is 87.7 Å². The molecule has 1 aromatic carbocycles. The minimum Gasteiger partial charge on any atom is -0.383 e. The average Bonchev–Trinajstić information content (AvgIpc) is 3.21. The zero-order valence-electron chi connectivity index (χ0n) is 16.0. The Labute approximate surface area is 176 Å². The number of nitrogens with zero attached hydrogens (tertiary/aromatic N) is 4. The van der Waals surface area contributed by atoms with Crippen LogP contribution in [-0.4, -0.2) is 79.1 Å². The summed E-state index contributed by atoms with van der Waals surface area (Å²) < 4.78 is 19.0. The number of piperazine rings is 1. The van der Waals surface area contributed by atoms with E-state index in [9.17, 15) is 14.0 Å². The van der Waals surface area contributed by atoms with Crippen LogP contribution in [0, 0.1) is 5.82 Å². The number of amides is 2. The third kappa shape index (κ3) is 6.12. The van der Waals surface area contributed by atoms with Crippen LogP contribution in [-0.2, 0) is 9.53 Å². The number of rotatable bonds is 8. The van der Waals surface area contributed by atoms with Gasteiger partial charge in [-0.1, -0.05) is 29.2 Å². The van der Waals surface area contributed by atoms with Crippen LogP contribution in [0.15, 0.2) is 28.6 Å². The van der Waals surface area contributed by atoms with E-state index in [2.05, 4.69) is 20.4 Å². The highest BCUT2D eigenvalue weighted by atomic mass is 32.2. The van der Waals surface area contributed by atoms with Crippen LogP contribution >= 0.6 is 23.1 Å². The molecule has 1 saturated heterocycles. The van der Waals surface area contributed by atoms with Gasteiger partial charge in [-0.3, -0.25) is 9.59 Å². The van der Waals surface area contributed by atoms with Crippen molar-refractivity contribution in [2.45, 2.75) is 4.34 Å². The molecule has 0 saturated carbocycles. The van der Waals surface area contributed by atoms with Crippen LogP contribution < -0.4 is 10.2 Å². The van der Waals surface area contributed by atoms with Crippen molar-refractivity contribution in [2.24, 2.45) is 0 Å². The number of ether oxygens (including phenoxy) is 1. The summed E-state index contributed by atoms with van der Waals surface area (Å²) in [6.45, 7) is 3.26. The first-order valence-electron chi connectivity index (χ1n) is 9.08. The Morgan fingerprint density at radius 2 is 2.07 bits per heavy atom. The Bertz CT molecular complexity index is 842. The van der Waals surface area contributed by atoms with Gasteiger partial charge in [-0.2, -0.15) is 0 Å². The molecule has 1 aliphatic heterocycles. The number of thioether (sulfide) groups is 1. The lowest BCUT2D eigenvalue weighted by Gasteiger charge is -2.34. The first-order valence-corrected chi connectivity index (χ1v) is 10.9. The van der Waals surface area contributed by atoms with Gasteiger partial charge in [0.05, 0.1) is 12.4 Å². The zero-order chi connectivity index (χ0) is 20.6. The van der Waals surface area contributed by atoms with Crippen molar-refractivity contribution in [1.29, 1.82) is 0 Å². The highest BCUT2D eigenvalue weighted by Crippen LogP contribution is 2.28. The van der Waals surface area contributed by atoms with E-state index in [-0.39, 0.29) is 17.6 Å². The molecule has 1 fully saturated rings. The maximum absolute atomic E-state index is 13.3. The van der Waals surface area contributed by atoms with Crippen molar-refractivity contribution >= 4 is 40.0 Å². The van der Waals surface area contributed by atoms with Crippen molar-refractivity contribution in [1.82, 2.24) is 20.4 Å². The summed E-state index contributed by atoms with van der Waals surface area (Å²) in [5, 5.41) is 11.9. The van der Waals surface area contributed by atoms with Crippen LogP contribution in [0.2, 0.25) is 0 Å². The fourth-order valence-corrected chi connectivity index (χ4v) is 4.49. The lowest BCUT2D eigenvalue weighted by molar-refractivity contribution is -0.118. The van der Waals surface area contributed by atoms with Crippen molar-refractivity contribution in [3.63, 3.8) is 0 Å². The minimum atomic E-state index is -0.416. The molecule has 1 aromatic heterocycles. The van der Waals surface area contributed by atoms with E-state index in [4.69, 9.17) is 4.74 Å². The van der Waals surface area contributed by atoms with E-state index in [1.54, 1.807) is 18.1 Å². The van der Waals surface area contributed by atoms with Crippen molar-refractivity contribution < 1.29 is 18.7 Å². The lowest BCUT2D eigenvalue weighted by Crippen LogP contribution is -2.48. The van der Waals surface area contributed by atoms with Gasteiger partial charge in [-0.25, -0.2) is 4.39 Å². The number of benzene rings is 1. The van der Waals surface area contributed by atoms with Crippen molar-refractivity contribution in [3.8, 4) is 0 Å². The van der Waals surface area contributed by atoms with E-state index in [0.717, 1.165) is 9.47 Å². The van der Waals surface area contributed by atoms with Gasteiger partial charge in [0.1, 0.15) is 5.82 Å². The molecule has 156 valence electrons. The van der Waals surface area contributed by atoms with E-state index < -0.39 is 5.82 Å². The SMILES string of the molecule is COCCNC(=O)CSc1nnc(N2CCN(C(=O)c3cccc(F)c3)CC2)s1. The number of methoxy groups -OCH3 is 1. The number of hydrogen-bond acceptors (Lipinski definition) is 8. The van der Waals surface area contributed by atoms with Crippen LogP contribution in [0.3, 0.4) is 0 Å². The predicted octanol–water partition coefficient (Wildman–Crippen LogP) is 1.49. The maximum atomic E-state index is 13.3. The number of nitrogens with one attached hydrogen (secondary N) is 1. The summed E-state index contributed by atoms with van der Waals surface area (Å²) in [6, 6.07) is 5.74. The third-order valence-electron chi connectivity index (χ3n) is 4.26. The highest BCUT2D eigenvalue weighted by molar-refractivity contribution is 8.01. The van der Waals surface area contributed by atoms with Crippen molar-refractivity contribution in [2.75, 3.05) is 57.1 Å². The summed E-state index contributed by atoms with van der Waals surface area (Å²) in [6.07, 6.45) is 0. The number of hydrogen-bond donors (Lipinski definition) is 1. The van der Waals surface area contributed by atoms with E-state index in [0.29, 0.717) is 44.9 Å². The average molecular weight is 440 g/mol. The minimum absolute atomic E-state index is 0.0757. The number of carbonyl (C=O) groups excluding carboxylic acids is 2.